The monoisotopic (exact) mass is 2070 g/mol. The molecule has 8 bridgehead atoms. The molecule has 2 saturated heterocycles. The Morgan fingerprint density at radius 3 is 1.27 bits per heavy atom. The van der Waals surface area contributed by atoms with Crippen LogP contribution in [0.15, 0.2) is 294 Å². The molecule has 4 atom stereocenters. The Morgan fingerprint density at radius 2 is 0.873 bits per heavy atom. The number of hydrogen-bond donors (Lipinski definition) is 0. The number of halogens is 6. The van der Waals surface area contributed by atoms with Crippen molar-refractivity contribution >= 4 is 97.3 Å². The van der Waals surface area contributed by atoms with Gasteiger partial charge in [-0.1, -0.05) is 199 Å². The largest absolute Gasteiger partial charge is 0.497 e. The number of carbonyl (C=O) groups excluding carboxylic acids is 2. The van der Waals surface area contributed by atoms with E-state index in [9.17, 15) is 52.8 Å². The van der Waals surface area contributed by atoms with Crippen LogP contribution in [-0.2, 0) is 96.0 Å². The number of fused-ring (bicyclic) bond motifs is 2. The molecular formula is C117H150F6O13S6+4. The first-order valence-electron chi connectivity index (χ1n) is 51.1. The minimum absolute atomic E-state index is 0.0146. The standard InChI is InChI=1S/C21H27O2S.2C18H15S.C16H19OS.C15H23FO2.C14H21FO2.C8H15F3O3S.C7H15FO3S/c1-2-6-17(7-3-1)16-23-20-10-11-21(24-14-12-22-13-15-24)19-9-5-4-8-18(19)20;2*1-4-10-16(11-5-1)19(17-12-6-2-7-13-17)18-14-8-3-9-15-18;1-17-14-11-13-7-3-4-8-15(13)16(12-14)18-9-5-2-6-10-18;1-10(16)2-14(17)18-9-15-6-11-3-12(7-15)5-13(4-11)8-15;1-9(15)13(16)17-8-14-5-10-2-11(6-14)4-12(3-10)7-14;1-6(8(9,10)11)15(12,13)14-5-7(2,3)4;1-3-4-5-12(9,10)11-6-7(2)8/h4-5,8-11,17H,1-3,6-7,12-16H2;2*1-15H;3-4,7-8,11-12H,2,5-6,9-10H2,1H3;10-13H,2-9H2,1H3;9-12H,2-8H2,1H3;6H,5H2,1-4H3;7H,3-6H2,1-2H3/q4*+1;;;;. The van der Waals surface area contributed by atoms with Crippen molar-refractivity contribution in [2.24, 2.45) is 57.7 Å². The molecule has 9 saturated carbocycles. The van der Waals surface area contributed by atoms with Gasteiger partial charge in [-0.25, -0.2) is 18.0 Å². The highest BCUT2D eigenvalue weighted by Crippen LogP contribution is 2.62. The van der Waals surface area contributed by atoms with Crippen LogP contribution in [0.4, 0.5) is 26.3 Å². The van der Waals surface area contributed by atoms with Gasteiger partial charge in [-0.2, -0.15) is 30.0 Å². The van der Waals surface area contributed by atoms with Crippen LogP contribution in [0.1, 0.15) is 203 Å². The van der Waals surface area contributed by atoms with Crippen LogP contribution in [0, 0.1) is 57.7 Å². The summed E-state index contributed by atoms with van der Waals surface area (Å²) in [7, 11) is -5.58. The lowest BCUT2D eigenvalue weighted by molar-refractivity contribution is -0.160. The van der Waals surface area contributed by atoms with Crippen molar-refractivity contribution < 1.29 is 84.8 Å². The number of carbonyl (C=O) groups is 2. The van der Waals surface area contributed by atoms with Gasteiger partial charge in [0.2, 0.25) is 0 Å². The highest BCUT2D eigenvalue weighted by molar-refractivity contribution is 7.98. The van der Waals surface area contributed by atoms with Crippen LogP contribution in [0.25, 0.3) is 21.5 Å². The number of benzene rings is 10. The molecule has 142 heavy (non-hydrogen) atoms. The summed E-state index contributed by atoms with van der Waals surface area (Å²) in [6, 6.07) is 90.7. The fourth-order valence-electron chi connectivity index (χ4n) is 21.6. The average molecular weight is 2070 g/mol. The third-order valence-corrected chi connectivity index (χ3v) is 39.9. The van der Waals surface area contributed by atoms with Gasteiger partial charge in [0.25, 0.3) is 20.2 Å². The summed E-state index contributed by atoms with van der Waals surface area (Å²) in [5.74, 6) is 12.0. The Hall–Kier alpha value is -7.98. The van der Waals surface area contributed by atoms with E-state index >= 15 is 0 Å². The third kappa shape index (κ3) is 35.1. The van der Waals surface area contributed by atoms with Crippen molar-refractivity contribution in [2.75, 3.05) is 82.1 Å². The van der Waals surface area contributed by atoms with Crippen LogP contribution in [0.2, 0.25) is 0 Å². The van der Waals surface area contributed by atoms with Gasteiger partial charge in [-0.05, 0) is 299 Å². The fourth-order valence-corrected chi connectivity index (χ4v) is 32.6. The minimum atomic E-state index is -4.79. The van der Waals surface area contributed by atoms with E-state index in [0.29, 0.717) is 48.3 Å². The van der Waals surface area contributed by atoms with Gasteiger partial charge in [0, 0.05) is 54.8 Å². The van der Waals surface area contributed by atoms with Crippen molar-refractivity contribution in [3.8, 4) is 11.5 Å². The summed E-state index contributed by atoms with van der Waals surface area (Å²) in [5.41, 5.74) is -0.0400. The van der Waals surface area contributed by atoms with Crippen LogP contribution in [-0.4, -0.2) is 141 Å². The molecule has 0 aromatic heterocycles. The van der Waals surface area contributed by atoms with Gasteiger partial charge < -0.3 is 23.7 Å². The molecule has 0 amide bonds. The average Bonchev–Trinajstić information content (AvgIpc) is 0.753. The lowest BCUT2D eigenvalue weighted by atomic mass is 9.50. The molecule has 21 rings (SSSR count). The molecule has 4 unspecified atom stereocenters. The molecule has 10 aromatic rings. The van der Waals surface area contributed by atoms with E-state index in [1.165, 1.54) is 221 Å². The summed E-state index contributed by atoms with van der Waals surface area (Å²) in [6.45, 7) is 14.4. The van der Waals surface area contributed by atoms with Crippen molar-refractivity contribution in [1.29, 1.82) is 0 Å². The topological polar surface area (TPSA) is 167 Å². The molecule has 2 aliphatic heterocycles. The van der Waals surface area contributed by atoms with Gasteiger partial charge in [-0.3, -0.25) is 13.2 Å². The van der Waals surface area contributed by atoms with Crippen LogP contribution < -0.4 is 9.47 Å². The van der Waals surface area contributed by atoms with E-state index in [4.69, 9.17) is 23.7 Å². The lowest BCUT2D eigenvalue weighted by Gasteiger charge is -2.56. The number of methoxy groups -OCH3 is 1. The summed E-state index contributed by atoms with van der Waals surface area (Å²) >= 11 is 0. The fraction of sp³-hybridized carbons (Fsp3) is 0.504. The molecule has 11 fully saturated rings. The zero-order valence-corrected chi connectivity index (χ0v) is 89.3. The molecule has 770 valence electrons. The van der Waals surface area contributed by atoms with E-state index in [1.54, 1.807) is 27.9 Å². The van der Waals surface area contributed by atoms with E-state index in [2.05, 4.69) is 263 Å². The maximum Gasteiger partial charge on any atom is 0.407 e. The van der Waals surface area contributed by atoms with Crippen LogP contribution in [0.5, 0.6) is 11.5 Å². The quantitative estimate of drug-likeness (QED) is 0.0197. The number of rotatable bonds is 28. The SMILES string of the molecule is CC(C(F)(F)F)S(=O)(=O)OCC(C)(C)C.CC(F)C(=O)OCC12CC3CC(CC(C3)C1)C2.CC(F)CC(=O)OCC12CC3CC(CC(C3)C1)C2.CCCCS(=O)(=O)OCC(C)F.COc1cc([S+]2CCCCC2)c2ccccc2c1.c1ccc([S+](c2ccccc2)c2ccccc2)cc1.c1ccc([S+](c2ccccc2)c2ccccc2)cc1.c1ccc2c([S+]3CCOCC3)ccc(OCC3CCCCC3)c2c1. The molecular weight excluding hydrogens is 1920 g/mol. The van der Waals surface area contributed by atoms with Gasteiger partial charge in [-0.15, -0.1) is 0 Å². The Kier molecular flexibility index (Phi) is 43.8. The Balaban J connectivity index is 0.000000146. The predicted molar refractivity (Wildman–Crippen MR) is 569 cm³/mol. The Bertz CT molecular complexity index is 5290. The summed E-state index contributed by atoms with van der Waals surface area (Å²) < 4.78 is 155. The second kappa shape index (κ2) is 55.2. The van der Waals surface area contributed by atoms with Crippen molar-refractivity contribution in [1.82, 2.24) is 0 Å². The zero-order valence-electron chi connectivity index (χ0n) is 84.4. The van der Waals surface area contributed by atoms with E-state index in [1.807, 2.05) is 6.92 Å². The Morgan fingerprint density at radius 1 is 0.472 bits per heavy atom. The van der Waals surface area contributed by atoms with E-state index < -0.39 is 61.6 Å². The van der Waals surface area contributed by atoms with Crippen molar-refractivity contribution in [2.45, 2.75) is 272 Å². The van der Waals surface area contributed by atoms with Gasteiger partial charge in [0.05, 0.1) is 87.3 Å². The van der Waals surface area contributed by atoms with Gasteiger partial charge in [0.1, 0.15) is 46.9 Å². The molecule has 25 heteroatoms. The first-order valence-corrected chi connectivity index (χ1v) is 59.8. The lowest BCUT2D eigenvalue weighted by Crippen LogP contribution is -2.48. The predicted octanol–water partition coefficient (Wildman–Crippen LogP) is 28.8. The smallest absolute Gasteiger partial charge is 0.407 e. The molecule has 11 aliphatic rings. The molecule has 9 aliphatic carbocycles. The second-order valence-corrected chi connectivity index (χ2v) is 53.3. The number of alkyl halides is 6. The number of esters is 2. The van der Waals surface area contributed by atoms with Gasteiger partial charge in [0.15, 0.2) is 50.6 Å². The van der Waals surface area contributed by atoms with Crippen LogP contribution >= 0.6 is 0 Å². The first kappa shape index (κ1) is 113. The zero-order chi connectivity index (χ0) is 101. The minimum Gasteiger partial charge on any atom is -0.497 e. The molecule has 0 radical (unpaired) electrons. The molecule has 13 nitrogen and oxygen atoms in total. The second-order valence-electron chi connectivity index (χ2n) is 41.1. The third-order valence-electron chi connectivity index (χ3n) is 27.7. The van der Waals surface area contributed by atoms with Crippen molar-refractivity contribution in [3.05, 3.63) is 255 Å². The molecule has 10 aromatic carbocycles. The summed E-state index contributed by atoms with van der Waals surface area (Å²) in [5, 5.41) is 2.90. The molecule has 0 spiro atoms. The molecule has 0 N–H and O–H groups in total. The molecule has 2 heterocycles. The highest BCUT2D eigenvalue weighted by atomic mass is 32.2. The number of unbranched alkanes of at least 4 members (excludes halogenated alkanes) is 1. The van der Waals surface area contributed by atoms with Crippen molar-refractivity contribution in [3.63, 3.8) is 0 Å². The van der Waals surface area contributed by atoms with Crippen LogP contribution in [0.3, 0.4) is 0 Å². The van der Waals surface area contributed by atoms with Gasteiger partial charge >= 0.3 is 18.1 Å². The van der Waals surface area contributed by atoms with E-state index in [0.717, 1.165) is 90.7 Å². The van der Waals surface area contributed by atoms with E-state index in [-0.39, 0.29) is 64.0 Å². The summed E-state index contributed by atoms with van der Waals surface area (Å²) in [4.78, 5) is 33.9. The maximum atomic E-state index is 12.8. The number of ether oxygens (including phenoxy) is 5. The Labute approximate surface area is 854 Å². The first-order chi connectivity index (χ1) is 68.1. The number of hydrogen-bond acceptors (Lipinski definition) is 13. The highest BCUT2D eigenvalue weighted by Gasteiger charge is 2.54. The summed E-state index contributed by atoms with van der Waals surface area (Å²) in [6.07, 6.45) is 19.3. The maximum absolute atomic E-state index is 12.8. The normalized spacial score (nSPS) is 22.2.